The Bertz CT molecular complexity index is 1550. The zero-order chi connectivity index (χ0) is 27.5. The number of aryl methyl sites for hydroxylation is 1. The lowest BCUT2D eigenvalue weighted by Crippen LogP contribution is -2.53. The van der Waals surface area contributed by atoms with Gasteiger partial charge in [-0.05, 0) is 49.2 Å². The van der Waals surface area contributed by atoms with Gasteiger partial charge in [-0.2, -0.15) is 4.98 Å². The fourth-order valence-electron chi connectivity index (χ4n) is 5.18. The number of aliphatic hydroxyl groups excluding tert-OH is 1. The zero-order valence-electron chi connectivity index (χ0n) is 22.7. The van der Waals surface area contributed by atoms with Crippen molar-refractivity contribution in [2.24, 2.45) is 0 Å². The molecule has 1 aliphatic rings. The van der Waals surface area contributed by atoms with Gasteiger partial charge in [-0.15, -0.1) is 11.3 Å². The number of rotatable bonds is 9. The van der Waals surface area contributed by atoms with E-state index in [-0.39, 0.29) is 12.6 Å². The third-order valence-corrected chi connectivity index (χ3v) is 8.23. The molecular weight excluding hydrogens is 522 g/mol. The number of hydrogen-bond acceptors (Lipinski definition) is 9. The SMILES string of the molecule is Cc1nc2cc(OC[C@H](O)CN3CCN(Cc4noc(-c5ccc(-c6ccccc6)cc5)n4)C[C@@H]3C)ccc2s1. The smallest absolute Gasteiger partial charge is 0.257 e. The summed E-state index contributed by atoms with van der Waals surface area (Å²) < 4.78 is 12.6. The molecule has 2 aromatic heterocycles. The minimum Gasteiger partial charge on any atom is -0.491 e. The molecule has 0 aliphatic carbocycles. The van der Waals surface area contributed by atoms with Crippen LogP contribution in [0.25, 0.3) is 32.8 Å². The minimum absolute atomic E-state index is 0.250. The van der Waals surface area contributed by atoms with Crippen molar-refractivity contribution in [1.82, 2.24) is 24.9 Å². The van der Waals surface area contributed by atoms with Gasteiger partial charge in [-0.25, -0.2) is 4.98 Å². The molecule has 0 radical (unpaired) electrons. The van der Waals surface area contributed by atoms with Crippen molar-refractivity contribution in [3.63, 3.8) is 0 Å². The molecule has 40 heavy (non-hydrogen) atoms. The Balaban J connectivity index is 0.977. The summed E-state index contributed by atoms with van der Waals surface area (Å²) in [5, 5.41) is 15.9. The van der Waals surface area contributed by atoms with Crippen LogP contribution in [0.3, 0.4) is 0 Å². The number of hydrogen-bond donors (Lipinski definition) is 1. The summed E-state index contributed by atoms with van der Waals surface area (Å²) >= 11 is 1.67. The second-order valence-corrected chi connectivity index (χ2v) is 11.6. The number of nitrogens with zero attached hydrogens (tertiary/aromatic N) is 5. The van der Waals surface area contributed by atoms with Crippen molar-refractivity contribution in [2.45, 2.75) is 32.5 Å². The Morgan fingerprint density at radius 3 is 2.58 bits per heavy atom. The fourth-order valence-corrected chi connectivity index (χ4v) is 5.99. The Morgan fingerprint density at radius 1 is 1.00 bits per heavy atom. The van der Waals surface area contributed by atoms with Gasteiger partial charge in [0.25, 0.3) is 5.89 Å². The quantitative estimate of drug-likeness (QED) is 0.263. The lowest BCUT2D eigenvalue weighted by Gasteiger charge is -2.40. The molecule has 206 valence electrons. The predicted octanol–water partition coefficient (Wildman–Crippen LogP) is 5.27. The van der Waals surface area contributed by atoms with Crippen LogP contribution in [0.2, 0.25) is 0 Å². The first-order valence-electron chi connectivity index (χ1n) is 13.6. The molecule has 8 nitrogen and oxygen atoms in total. The monoisotopic (exact) mass is 555 g/mol. The van der Waals surface area contributed by atoms with Crippen molar-refractivity contribution < 1.29 is 14.4 Å². The first-order chi connectivity index (χ1) is 19.5. The van der Waals surface area contributed by atoms with Crippen molar-refractivity contribution in [1.29, 1.82) is 0 Å². The number of ether oxygens (including phenoxy) is 1. The van der Waals surface area contributed by atoms with Gasteiger partial charge in [0, 0.05) is 43.9 Å². The third kappa shape index (κ3) is 6.23. The van der Waals surface area contributed by atoms with Crippen LogP contribution >= 0.6 is 11.3 Å². The van der Waals surface area contributed by atoms with Crippen LogP contribution in [0, 0.1) is 6.92 Å². The minimum atomic E-state index is -0.574. The molecule has 0 bridgehead atoms. The van der Waals surface area contributed by atoms with Crippen molar-refractivity contribution in [3.8, 4) is 28.3 Å². The van der Waals surface area contributed by atoms with E-state index in [1.54, 1.807) is 11.3 Å². The lowest BCUT2D eigenvalue weighted by molar-refractivity contribution is 0.0189. The Kier molecular flexibility index (Phi) is 7.88. The van der Waals surface area contributed by atoms with E-state index in [0.717, 1.165) is 51.7 Å². The average Bonchev–Trinajstić information content (AvgIpc) is 3.59. The zero-order valence-corrected chi connectivity index (χ0v) is 23.6. The molecule has 1 saturated heterocycles. The van der Waals surface area contributed by atoms with E-state index in [4.69, 9.17) is 9.26 Å². The molecule has 9 heteroatoms. The maximum absolute atomic E-state index is 10.7. The molecule has 6 rings (SSSR count). The van der Waals surface area contributed by atoms with Gasteiger partial charge >= 0.3 is 0 Å². The van der Waals surface area contributed by atoms with E-state index < -0.39 is 6.10 Å². The first-order valence-corrected chi connectivity index (χ1v) is 14.4. The molecule has 3 aromatic carbocycles. The molecule has 3 heterocycles. The van der Waals surface area contributed by atoms with E-state index in [1.165, 1.54) is 5.56 Å². The lowest BCUT2D eigenvalue weighted by atomic mass is 10.0. The van der Waals surface area contributed by atoms with Crippen LogP contribution in [-0.4, -0.2) is 75.0 Å². The van der Waals surface area contributed by atoms with Crippen LogP contribution in [-0.2, 0) is 6.54 Å². The van der Waals surface area contributed by atoms with Gasteiger partial charge in [0.05, 0.1) is 21.8 Å². The molecule has 2 atom stereocenters. The van der Waals surface area contributed by atoms with Crippen molar-refractivity contribution in [2.75, 3.05) is 32.8 Å². The average molecular weight is 556 g/mol. The van der Waals surface area contributed by atoms with Gasteiger partial charge in [0.2, 0.25) is 0 Å². The standard InChI is InChI=1S/C31H33N5O3S/c1-21-17-35(14-15-36(21)18-26(37)20-38-27-12-13-29-28(16-27)32-22(2)40-29)19-30-33-31(39-34-30)25-10-8-24(9-11-25)23-6-4-3-5-7-23/h3-13,16,21,26,37H,14-15,17-20H2,1-2H3/t21-,26+/m0/s1. The maximum Gasteiger partial charge on any atom is 0.257 e. The normalized spacial score (nSPS) is 17.3. The summed E-state index contributed by atoms with van der Waals surface area (Å²) in [6.45, 7) is 8.23. The number of piperazine rings is 1. The highest BCUT2D eigenvalue weighted by molar-refractivity contribution is 7.18. The number of benzene rings is 3. The van der Waals surface area contributed by atoms with Crippen LogP contribution in [0.1, 0.15) is 17.8 Å². The molecular formula is C31H33N5O3S. The van der Waals surface area contributed by atoms with E-state index in [0.29, 0.717) is 24.8 Å². The number of fused-ring (bicyclic) bond motifs is 1. The Morgan fingerprint density at radius 2 is 1.77 bits per heavy atom. The predicted molar refractivity (Wildman–Crippen MR) is 157 cm³/mol. The largest absolute Gasteiger partial charge is 0.491 e. The summed E-state index contributed by atoms with van der Waals surface area (Å²) in [4.78, 5) is 13.8. The molecule has 0 saturated carbocycles. The molecule has 0 unspecified atom stereocenters. The van der Waals surface area contributed by atoms with Crippen LogP contribution < -0.4 is 4.74 Å². The Hall–Kier alpha value is -3.63. The van der Waals surface area contributed by atoms with Gasteiger partial charge < -0.3 is 14.4 Å². The fraction of sp³-hybridized carbons (Fsp3) is 0.323. The summed E-state index contributed by atoms with van der Waals surface area (Å²) in [6, 6.07) is 24.7. The Labute approximate surface area is 237 Å². The molecule has 5 aromatic rings. The van der Waals surface area contributed by atoms with Gasteiger partial charge in [0.1, 0.15) is 18.5 Å². The van der Waals surface area contributed by atoms with Gasteiger partial charge in [0.15, 0.2) is 5.82 Å². The van der Waals surface area contributed by atoms with Gasteiger partial charge in [-0.3, -0.25) is 9.80 Å². The summed E-state index contributed by atoms with van der Waals surface area (Å²) in [6.07, 6.45) is -0.574. The molecule has 1 N–H and O–H groups in total. The van der Waals surface area contributed by atoms with Crippen molar-refractivity contribution >= 4 is 21.6 Å². The molecule has 1 fully saturated rings. The highest BCUT2D eigenvalue weighted by Crippen LogP contribution is 2.26. The van der Waals surface area contributed by atoms with Crippen LogP contribution in [0.15, 0.2) is 77.3 Å². The first kappa shape index (κ1) is 26.6. The highest BCUT2D eigenvalue weighted by Gasteiger charge is 2.26. The maximum atomic E-state index is 10.7. The van der Waals surface area contributed by atoms with Gasteiger partial charge in [-0.1, -0.05) is 47.6 Å². The highest BCUT2D eigenvalue weighted by atomic mass is 32.1. The van der Waals surface area contributed by atoms with Crippen LogP contribution in [0.4, 0.5) is 0 Å². The second kappa shape index (κ2) is 11.9. The second-order valence-electron chi connectivity index (χ2n) is 10.4. The molecule has 0 spiro atoms. The summed E-state index contributed by atoms with van der Waals surface area (Å²) in [5.74, 6) is 1.96. The topological polar surface area (TPSA) is 87.8 Å². The molecule has 0 amide bonds. The summed E-state index contributed by atoms with van der Waals surface area (Å²) in [7, 11) is 0. The van der Waals surface area contributed by atoms with E-state index in [2.05, 4.69) is 56.1 Å². The van der Waals surface area contributed by atoms with Crippen LogP contribution in [0.5, 0.6) is 5.75 Å². The number of β-amino-alcohol motifs (C(OH)–C–C–N with tert-alkyl or cyclic N) is 1. The van der Waals surface area contributed by atoms with E-state index in [1.807, 2.05) is 55.5 Å². The van der Waals surface area contributed by atoms with Crippen molar-refractivity contribution in [3.05, 3.63) is 83.6 Å². The molecule has 1 aliphatic heterocycles. The summed E-state index contributed by atoms with van der Waals surface area (Å²) in [5.41, 5.74) is 4.18. The number of aliphatic hydroxyl groups is 1. The number of thiazole rings is 1. The number of aromatic nitrogens is 3. The third-order valence-electron chi connectivity index (χ3n) is 7.27. The van der Waals surface area contributed by atoms with E-state index >= 15 is 0 Å². The van der Waals surface area contributed by atoms with E-state index in [9.17, 15) is 5.11 Å².